The van der Waals surface area contributed by atoms with Crippen LogP contribution in [0.5, 0.6) is 5.75 Å². The molecule has 2 amide bonds. The van der Waals surface area contributed by atoms with Gasteiger partial charge in [-0.2, -0.15) is 10.6 Å². The second-order valence-corrected chi connectivity index (χ2v) is 21.7. The third-order valence-corrected chi connectivity index (χ3v) is 17.0. The molecule has 4 aliphatic rings. The van der Waals surface area contributed by atoms with Gasteiger partial charge in [0.25, 0.3) is 11.5 Å². The number of benzene rings is 3. The number of likely N-dealkylation sites (tertiary alicyclic amines) is 2. The third-order valence-electron chi connectivity index (χ3n) is 14.8. The van der Waals surface area contributed by atoms with E-state index in [0.717, 1.165) is 110 Å². The van der Waals surface area contributed by atoms with E-state index in [1.54, 1.807) is 25.3 Å². The Hall–Kier alpha value is -5.26. The number of ether oxygens (including phenoxy) is 2. The number of aromatic nitrogens is 4. The zero-order valence-electron chi connectivity index (χ0n) is 39.0. The van der Waals surface area contributed by atoms with Crippen molar-refractivity contribution in [3.63, 3.8) is 0 Å². The van der Waals surface area contributed by atoms with Crippen molar-refractivity contribution in [3.05, 3.63) is 115 Å². The number of halogens is 1. The highest BCUT2D eigenvalue weighted by atomic mass is 35.5. The van der Waals surface area contributed by atoms with Gasteiger partial charge < -0.3 is 24.6 Å². The van der Waals surface area contributed by atoms with Crippen LogP contribution in [0, 0.1) is 24.7 Å². The Morgan fingerprint density at radius 3 is 2.40 bits per heavy atom. The summed E-state index contributed by atoms with van der Waals surface area (Å²) in [5, 5.41) is 4.85. The summed E-state index contributed by atoms with van der Waals surface area (Å²) in [6, 6.07) is 15.9. The van der Waals surface area contributed by atoms with Crippen LogP contribution in [-0.2, 0) is 16.0 Å². The summed E-state index contributed by atoms with van der Waals surface area (Å²) in [4.78, 5) is 67.6. The van der Waals surface area contributed by atoms with Gasteiger partial charge in [-0.15, -0.1) is 0 Å². The molecule has 1 saturated carbocycles. The van der Waals surface area contributed by atoms with Crippen molar-refractivity contribution in [3.8, 4) is 11.4 Å². The number of nitrogens with one attached hydrogen (secondary N) is 2. The minimum atomic E-state index is -2.76. The lowest BCUT2D eigenvalue weighted by atomic mass is 9.77. The second kappa shape index (κ2) is 20.4. The summed E-state index contributed by atoms with van der Waals surface area (Å²) >= 11 is 6.37. The first kappa shape index (κ1) is 47.8. The van der Waals surface area contributed by atoms with Crippen LogP contribution in [0.3, 0.4) is 0 Å². The SMILES string of the molecule is COc1cc2nc(C)nc(N[C@H](C)c3cccc4c3CCS4(O)O)c2cc1C1CCC(C(=O)N2CCC(CCOCC3CCN(C(=O)c4ccc(Cl)c(-n5ccc(=O)[nH]c5=O)c4)CC3)CC2)CC1. The first-order valence-corrected chi connectivity index (χ1v) is 26.1. The Bertz CT molecular complexity index is 2790. The maximum Gasteiger partial charge on any atom is 0.332 e. The molecule has 3 fully saturated rings. The number of nitrogens with zero attached hydrogens (tertiary/aromatic N) is 5. The van der Waals surface area contributed by atoms with Gasteiger partial charge in [0.2, 0.25) is 5.91 Å². The number of carbonyl (C=O) groups excluding carboxylic acids is 2. The Labute approximate surface area is 403 Å². The Balaban J connectivity index is 0.717. The molecule has 0 bridgehead atoms. The monoisotopic (exact) mass is 967 g/mol. The minimum Gasteiger partial charge on any atom is -0.496 e. The predicted molar refractivity (Wildman–Crippen MR) is 265 cm³/mol. The zero-order chi connectivity index (χ0) is 47.7. The highest BCUT2D eigenvalue weighted by Gasteiger charge is 2.34. The van der Waals surface area contributed by atoms with Gasteiger partial charge in [0.05, 0.1) is 34.3 Å². The van der Waals surface area contributed by atoms with Gasteiger partial charge in [0.15, 0.2) is 0 Å². The van der Waals surface area contributed by atoms with Gasteiger partial charge >= 0.3 is 5.69 Å². The molecule has 4 N–H and O–H groups in total. The molecule has 1 atom stereocenters. The molecule has 5 heterocycles. The highest BCUT2D eigenvalue weighted by molar-refractivity contribution is 8.24. The molecule has 9 rings (SSSR count). The van der Waals surface area contributed by atoms with Crippen LogP contribution in [0.2, 0.25) is 5.02 Å². The van der Waals surface area contributed by atoms with Crippen molar-refractivity contribution in [2.24, 2.45) is 17.8 Å². The van der Waals surface area contributed by atoms with E-state index in [1.807, 2.05) is 30.0 Å². The third kappa shape index (κ3) is 10.2. The van der Waals surface area contributed by atoms with Crippen molar-refractivity contribution >= 4 is 50.7 Å². The van der Waals surface area contributed by atoms with Crippen molar-refractivity contribution < 1.29 is 28.2 Å². The van der Waals surface area contributed by atoms with Crippen LogP contribution >= 0.6 is 22.2 Å². The van der Waals surface area contributed by atoms with Gasteiger partial charge in [-0.25, -0.2) is 14.8 Å². The summed E-state index contributed by atoms with van der Waals surface area (Å²) in [6.45, 7) is 8.10. The quantitative estimate of drug-likeness (QED) is 0.0825. The van der Waals surface area contributed by atoms with E-state index < -0.39 is 21.8 Å². The molecule has 15 nitrogen and oxygen atoms in total. The average Bonchev–Trinajstić information content (AvgIpc) is 3.66. The van der Waals surface area contributed by atoms with E-state index in [4.69, 9.17) is 31.0 Å². The summed E-state index contributed by atoms with van der Waals surface area (Å²) in [5.74, 6) is 3.84. The number of fused-ring (bicyclic) bond motifs is 2. The number of amides is 2. The molecule has 0 spiro atoms. The van der Waals surface area contributed by atoms with Gasteiger partial charge in [-0.1, -0.05) is 23.7 Å². The van der Waals surface area contributed by atoms with Crippen LogP contribution < -0.4 is 21.3 Å². The molecule has 0 radical (unpaired) electrons. The summed E-state index contributed by atoms with van der Waals surface area (Å²) in [6.07, 6.45) is 10.0. The van der Waals surface area contributed by atoms with E-state index in [2.05, 4.69) is 34.3 Å². The van der Waals surface area contributed by atoms with Crippen LogP contribution in [0.1, 0.15) is 110 Å². The molecule has 5 aromatic rings. The smallest absolute Gasteiger partial charge is 0.332 e. The maximum atomic E-state index is 13.9. The lowest BCUT2D eigenvalue weighted by Gasteiger charge is -2.36. The molecule has 1 aliphatic carbocycles. The molecule has 3 aliphatic heterocycles. The molecule has 2 aromatic heterocycles. The van der Waals surface area contributed by atoms with Crippen molar-refractivity contribution in [1.82, 2.24) is 29.3 Å². The number of hydrogen-bond acceptors (Lipinski definition) is 11. The van der Waals surface area contributed by atoms with Gasteiger partial charge in [0.1, 0.15) is 17.4 Å². The fourth-order valence-electron chi connectivity index (χ4n) is 10.9. The van der Waals surface area contributed by atoms with E-state index >= 15 is 0 Å². The molecule has 17 heteroatoms. The lowest BCUT2D eigenvalue weighted by Crippen LogP contribution is -2.42. The molecule has 68 heavy (non-hydrogen) atoms. The van der Waals surface area contributed by atoms with Crippen LogP contribution in [0.4, 0.5) is 5.82 Å². The molecule has 0 unspecified atom stereocenters. The van der Waals surface area contributed by atoms with Crippen molar-refractivity contribution in [2.45, 2.75) is 94.9 Å². The maximum absolute atomic E-state index is 13.9. The minimum absolute atomic E-state index is 0.0197. The van der Waals surface area contributed by atoms with E-state index in [0.29, 0.717) is 77.3 Å². The summed E-state index contributed by atoms with van der Waals surface area (Å²) < 4.78 is 34.6. The van der Waals surface area contributed by atoms with E-state index in [-0.39, 0.29) is 29.7 Å². The molecule has 3 aromatic carbocycles. The summed E-state index contributed by atoms with van der Waals surface area (Å²) in [5.41, 5.74) is 3.57. The van der Waals surface area contributed by atoms with Gasteiger partial charge in [-0.05, 0) is 143 Å². The fourth-order valence-corrected chi connectivity index (χ4v) is 12.7. The largest absolute Gasteiger partial charge is 0.496 e. The fraction of sp³-hybridized carbons (Fsp3) is 0.490. The van der Waals surface area contributed by atoms with Crippen molar-refractivity contribution in [1.29, 1.82) is 0 Å². The zero-order valence-corrected chi connectivity index (χ0v) is 40.6. The Kier molecular flexibility index (Phi) is 14.3. The number of H-pyrrole nitrogens is 1. The van der Waals surface area contributed by atoms with E-state index in [1.165, 1.54) is 16.8 Å². The topological polar surface area (TPSA) is 192 Å². The highest BCUT2D eigenvalue weighted by Crippen LogP contribution is 2.56. The number of piperidine rings is 2. The number of carbonyl (C=O) groups is 2. The first-order valence-electron chi connectivity index (χ1n) is 24.0. The number of aromatic amines is 1. The van der Waals surface area contributed by atoms with Crippen LogP contribution in [-0.4, -0.2) is 102 Å². The lowest BCUT2D eigenvalue weighted by molar-refractivity contribution is -0.138. The molecule has 362 valence electrons. The second-order valence-electron chi connectivity index (χ2n) is 19.1. The van der Waals surface area contributed by atoms with Gasteiger partial charge in [-0.3, -0.25) is 33.0 Å². The number of anilines is 1. The van der Waals surface area contributed by atoms with E-state index in [9.17, 15) is 28.3 Å². The average molecular weight is 969 g/mol. The van der Waals surface area contributed by atoms with Gasteiger partial charge in [0, 0.05) is 80.3 Å². The number of aryl methyl sites for hydroxylation is 1. The Morgan fingerprint density at radius 1 is 0.926 bits per heavy atom. The molecular formula is C51H62ClN7O8S. The molecule has 2 saturated heterocycles. The number of rotatable bonds is 13. The van der Waals surface area contributed by atoms with Crippen LogP contribution in [0.25, 0.3) is 16.6 Å². The predicted octanol–water partition coefficient (Wildman–Crippen LogP) is 8.75. The normalized spacial score (nSPS) is 20.8. The van der Waals surface area contributed by atoms with Crippen LogP contribution in [0.15, 0.2) is 75.3 Å². The first-order chi connectivity index (χ1) is 32.8. The summed E-state index contributed by atoms with van der Waals surface area (Å²) in [7, 11) is -1.05. The molecular weight excluding hydrogens is 906 g/mol. The number of hydrogen-bond donors (Lipinski definition) is 4. The standard InChI is InChI=1S/C51H62ClN7O8S/c1-31(38-5-4-6-46-39(38)19-26-68(46,64)65)53-48-41-28-40(45(66-3)29-43(41)54-32(2)55-48)35-7-9-36(10-8-35)49(61)57-20-13-33(14-21-57)18-25-67-30-34-15-22-58(23-16-34)50(62)37-11-12-42(52)44(27-37)59-24-17-47(60)56-51(59)63/h4-6,11-12,17,24,27-29,31,33-36,64-65H,7-10,13-16,18-23,25-26,30H2,1-3H3,(H,53,54,55)(H,56,60,63)/t31-,35?,36?/m1/s1. The Morgan fingerprint density at radius 2 is 1.66 bits per heavy atom. The van der Waals surface area contributed by atoms with Crippen molar-refractivity contribution in [2.75, 3.05) is 57.6 Å². The number of methoxy groups -OCH3 is 1.